The van der Waals surface area contributed by atoms with E-state index in [4.69, 9.17) is 5.11 Å². The van der Waals surface area contributed by atoms with Gasteiger partial charge in [-0.3, -0.25) is 9.69 Å². The molecule has 1 rings (SSSR count). The lowest BCUT2D eigenvalue weighted by molar-refractivity contribution is -0.124. The highest BCUT2D eigenvalue weighted by Gasteiger charge is 2.29. The molecule has 1 heterocycles. The maximum atomic E-state index is 11.3. The molecule has 0 aromatic carbocycles. The van der Waals surface area contributed by atoms with Crippen molar-refractivity contribution in [3.63, 3.8) is 0 Å². The van der Waals surface area contributed by atoms with E-state index in [1.54, 1.807) is 6.92 Å². The van der Waals surface area contributed by atoms with Gasteiger partial charge >= 0.3 is 6.09 Å². The topological polar surface area (TPSA) is 69.6 Å². The molecule has 13 heavy (non-hydrogen) atoms. The Hall–Kier alpha value is -1.26. The SMILES string of the molecule is C[C@H]1CNC(=O)[C@@H](C)N(C(=O)O)C1. The highest BCUT2D eigenvalue weighted by Crippen LogP contribution is 2.09. The largest absolute Gasteiger partial charge is 0.465 e. The summed E-state index contributed by atoms with van der Waals surface area (Å²) < 4.78 is 0. The molecular formula is C8H14N2O3. The summed E-state index contributed by atoms with van der Waals surface area (Å²) in [7, 11) is 0. The van der Waals surface area contributed by atoms with Gasteiger partial charge in [-0.1, -0.05) is 6.92 Å². The zero-order chi connectivity index (χ0) is 10.0. The van der Waals surface area contributed by atoms with Crippen molar-refractivity contribution in [1.82, 2.24) is 10.2 Å². The second-order valence-corrected chi connectivity index (χ2v) is 3.46. The van der Waals surface area contributed by atoms with Crippen molar-refractivity contribution in [2.45, 2.75) is 19.9 Å². The first-order valence-corrected chi connectivity index (χ1v) is 4.29. The Morgan fingerprint density at radius 1 is 1.62 bits per heavy atom. The Balaban J connectivity index is 2.78. The van der Waals surface area contributed by atoms with Crippen molar-refractivity contribution in [3.05, 3.63) is 0 Å². The van der Waals surface area contributed by atoms with Crippen LogP contribution in [-0.2, 0) is 4.79 Å². The minimum atomic E-state index is -1.03. The van der Waals surface area contributed by atoms with E-state index in [0.717, 1.165) is 0 Å². The molecule has 5 heteroatoms. The van der Waals surface area contributed by atoms with Gasteiger partial charge in [-0.2, -0.15) is 0 Å². The van der Waals surface area contributed by atoms with Crippen molar-refractivity contribution in [1.29, 1.82) is 0 Å². The summed E-state index contributed by atoms with van der Waals surface area (Å²) >= 11 is 0. The molecule has 0 saturated carbocycles. The van der Waals surface area contributed by atoms with Gasteiger partial charge in [0.1, 0.15) is 6.04 Å². The second kappa shape index (κ2) is 3.64. The van der Waals surface area contributed by atoms with Crippen LogP contribution >= 0.6 is 0 Å². The second-order valence-electron chi connectivity index (χ2n) is 3.46. The Kier molecular flexibility index (Phi) is 2.75. The molecule has 0 unspecified atom stereocenters. The van der Waals surface area contributed by atoms with Crippen LogP contribution in [0.2, 0.25) is 0 Å². The summed E-state index contributed by atoms with van der Waals surface area (Å²) in [4.78, 5) is 23.2. The van der Waals surface area contributed by atoms with E-state index in [-0.39, 0.29) is 11.8 Å². The van der Waals surface area contributed by atoms with Gasteiger partial charge in [0, 0.05) is 13.1 Å². The monoisotopic (exact) mass is 186 g/mol. The lowest BCUT2D eigenvalue weighted by Gasteiger charge is -2.23. The highest BCUT2D eigenvalue weighted by molar-refractivity contribution is 5.85. The summed E-state index contributed by atoms with van der Waals surface area (Å²) in [5.41, 5.74) is 0. The van der Waals surface area contributed by atoms with E-state index >= 15 is 0 Å². The highest BCUT2D eigenvalue weighted by atomic mass is 16.4. The quantitative estimate of drug-likeness (QED) is 0.564. The fourth-order valence-corrected chi connectivity index (χ4v) is 1.37. The van der Waals surface area contributed by atoms with E-state index < -0.39 is 12.1 Å². The molecule has 2 N–H and O–H groups in total. The third kappa shape index (κ3) is 2.11. The molecule has 74 valence electrons. The van der Waals surface area contributed by atoms with Crippen LogP contribution in [-0.4, -0.2) is 41.1 Å². The fraction of sp³-hybridized carbons (Fsp3) is 0.750. The number of carbonyl (C=O) groups excluding carboxylic acids is 1. The molecule has 0 aromatic heterocycles. The number of nitrogens with one attached hydrogen (secondary N) is 1. The molecule has 2 atom stereocenters. The summed E-state index contributed by atoms with van der Waals surface area (Å²) in [6.07, 6.45) is -1.03. The first-order valence-electron chi connectivity index (χ1n) is 4.29. The average molecular weight is 186 g/mol. The van der Waals surface area contributed by atoms with Gasteiger partial charge in [0.25, 0.3) is 0 Å². The Bertz CT molecular complexity index is 229. The maximum absolute atomic E-state index is 11.3. The number of carbonyl (C=O) groups is 2. The van der Waals surface area contributed by atoms with Gasteiger partial charge in [0.05, 0.1) is 0 Å². The Morgan fingerprint density at radius 2 is 2.23 bits per heavy atom. The third-order valence-corrected chi connectivity index (χ3v) is 2.23. The fourth-order valence-electron chi connectivity index (χ4n) is 1.37. The van der Waals surface area contributed by atoms with Gasteiger partial charge in [0.15, 0.2) is 0 Å². The van der Waals surface area contributed by atoms with Crippen molar-refractivity contribution in [3.8, 4) is 0 Å². The Morgan fingerprint density at radius 3 is 2.77 bits per heavy atom. The van der Waals surface area contributed by atoms with E-state index in [0.29, 0.717) is 13.1 Å². The van der Waals surface area contributed by atoms with Crippen LogP contribution in [0.15, 0.2) is 0 Å². The molecule has 1 aliphatic heterocycles. The molecule has 0 radical (unpaired) electrons. The van der Waals surface area contributed by atoms with Crippen LogP contribution in [0.4, 0.5) is 4.79 Å². The zero-order valence-corrected chi connectivity index (χ0v) is 7.78. The van der Waals surface area contributed by atoms with Gasteiger partial charge in [-0.25, -0.2) is 4.79 Å². The van der Waals surface area contributed by atoms with Crippen LogP contribution in [0, 0.1) is 5.92 Å². The standard InChI is InChI=1S/C8H14N2O3/c1-5-3-9-7(11)6(2)10(4-5)8(12)13/h5-6H,3-4H2,1-2H3,(H,9,11)(H,12,13)/t5-,6+/m0/s1. The van der Waals surface area contributed by atoms with Crippen LogP contribution in [0.3, 0.4) is 0 Å². The normalized spacial score (nSPS) is 29.4. The summed E-state index contributed by atoms with van der Waals surface area (Å²) in [5, 5.41) is 11.5. The average Bonchev–Trinajstić information content (AvgIpc) is 2.18. The molecule has 0 aromatic rings. The Labute approximate surface area is 76.7 Å². The predicted octanol–water partition coefficient (Wildman–Crippen LogP) is 0.121. The minimum absolute atomic E-state index is 0.171. The molecule has 1 saturated heterocycles. The van der Waals surface area contributed by atoms with Gasteiger partial charge in [0.2, 0.25) is 5.91 Å². The van der Waals surface area contributed by atoms with Crippen molar-refractivity contribution >= 4 is 12.0 Å². The number of rotatable bonds is 0. The number of hydrogen-bond donors (Lipinski definition) is 2. The van der Waals surface area contributed by atoms with Gasteiger partial charge in [-0.15, -0.1) is 0 Å². The van der Waals surface area contributed by atoms with E-state index in [9.17, 15) is 9.59 Å². The maximum Gasteiger partial charge on any atom is 0.407 e. The molecule has 0 aliphatic carbocycles. The number of hydrogen-bond acceptors (Lipinski definition) is 2. The number of carboxylic acid groups (broad SMARTS) is 1. The van der Waals surface area contributed by atoms with Crippen molar-refractivity contribution in [2.24, 2.45) is 5.92 Å². The lowest BCUT2D eigenvalue weighted by Crippen LogP contribution is -2.44. The van der Waals surface area contributed by atoms with E-state index in [1.807, 2.05) is 6.92 Å². The smallest absolute Gasteiger partial charge is 0.407 e. The van der Waals surface area contributed by atoms with Crippen LogP contribution in [0.1, 0.15) is 13.8 Å². The first-order chi connectivity index (χ1) is 6.02. The predicted molar refractivity (Wildman–Crippen MR) is 46.4 cm³/mol. The van der Waals surface area contributed by atoms with Crippen molar-refractivity contribution in [2.75, 3.05) is 13.1 Å². The third-order valence-electron chi connectivity index (χ3n) is 2.23. The number of nitrogens with zero attached hydrogens (tertiary/aromatic N) is 1. The lowest BCUT2D eigenvalue weighted by atomic mass is 10.2. The molecule has 0 spiro atoms. The van der Waals surface area contributed by atoms with Crippen LogP contribution < -0.4 is 5.32 Å². The van der Waals surface area contributed by atoms with Gasteiger partial charge < -0.3 is 10.4 Å². The van der Waals surface area contributed by atoms with E-state index in [2.05, 4.69) is 5.32 Å². The van der Waals surface area contributed by atoms with Crippen molar-refractivity contribution < 1.29 is 14.7 Å². The summed E-state index contributed by atoms with van der Waals surface area (Å²) in [5.74, 6) is -0.0447. The minimum Gasteiger partial charge on any atom is -0.465 e. The molecule has 5 nitrogen and oxygen atoms in total. The van der Waals surface area contributed by atoms with Gasteiger partial charge in [-0.05, 0) is 12.8 Å². The van der Waals surface area contributed by atoms with Crippen LogP contribution in [0.25, 0.3) is 0 Å². The zero-order valence-electron chi connectivity index (χ0n) is 7.78. The molecular weight excluding hydrogens is 172 g/mol. The van der Waals surface area contributed by atoms with Crippen LogP contribution in [0.5, 0.6) is 0 Å². The van der Waals surface area contributed by atoms with E-state index in [1.165, 1.54) is 4.90 Å². The molecule has 1 aliphatic rings. The summed E-state index contributed by atoms with van der Waals surface area (Å²) in [6.45, 7) is 4.47. The summed E-state index contributed by atoms with van der Waals surface area (Å²) in [6, 6.07) is -0.581. The molecule has 1 fully saturated rings. The number of amides is 2. The molecule has 2 amide bonds. The molecule has 0 bridgehead atoms. The first kappa shape index (κ1) is 9.83.